The summed E-state index contributed by atoms with van der Waals surface area (Å²) in [4.78, 5) is 20.7. The molecule has 3 aromatic rings. The number of methoxy groups -OCH3 is 4. The van der Waals surface area contributed by atoms with Gasteiger partial charge in [0, 0.05) is 23.7 Å². The van der Waals surface area contributed by atoms with Crippen molar-refractivity contribution >= 4 is 27.5 Å². The number of thiazole rings is 1. The summed E-state index contributed by atoms with van der Waals surface area (Å²) in [5.74, 6) is 2.13. The second-order valence-corrected chi connectivity index (χ2v) is 10.5. The van der Waals surface area contributed by atoms with E-state index in [2.05, 4.69) is 16.3 Å². The van der Waals surface area contributed by atoms with Gasteiger partial charge >= 0.3 is 0 Å². The van der Waals surface area contributed by atoms with Crippen LogP contribution in [0.4, 0.5) is 0 Å². The molecule has 5 rings (SSSR count). The largest absolute Gasteiger partial charge is 0.494 e. The predicted molar refractivity (Wildman–Crippen MR) is 140 cm³/mol. The van der Waals surface area contributed by atoms with Crippen LogP contribution in [0.15, 0.2) is 30.3 Å². The van der Waals surface area contributed by atoms with Crippen molar-refractivity contribution in [2.45, 2.75) is 56.8 Å². The molecule has 2 fully saturated rings. The van der Waals surface area contributed by atoms with Gasteiger partial charge in [0.1, 0.15) is 16.3 Å². The Labute approximate surface area is 215 Å². The molecule has 2 bridgehead atoms. The van der Waals surface area contributed by atoms with E-state index in [0.29, 0.717) is 34.9 Å². The molecule has 2 saturated heterocycles. The summed E-state index contributed by atoms with van der Waals surface area (Å²) in [5.41, 5.74) is 1.44. The minimum atomic E-state index is -0.121. The van der Waals surface area contributed by atoms with Crippen LogP contribution in [-0.2, 0) is 6.54 Å². The van der Waals surface area contributed by atoms with Gasteiger partial charge in [-0.25, -0.2) is 4.98 Å². The van der Waals surface area contributed by atoms with Crippen LogP contribution in [0.5, 0.6) is 23.0 Å². The SMILES string of the molecule is COc1cc(C(=O)NC2C[C@H]3CCC[C@@H](C2)N3Cc2nc3c(OC)cccc3s2)cc(OC)c1OC. The number of hydrogen-bond donors (Lipinski definition) is 1. The van der Waals surface area contributed by atoms with Gasteiger partial charge in [-0.2, -0.15) is 0 Å². The monoisotopic (exact) mass is 511 g/mol. The number of para-hydroxylation sites is 1. The van der Waals surface area contributed by atoms with E-state index in [4.69, 9.17) is 23.9 Å². The molecule has 0 saturated carbocycles. The van der Waals surface area contributed by atoms with Crippen LogP contribution < -0.4 is 24.3 Å². The zero-order chi connectivity index (χ0) is 25.2. The Morgan fingerprint density at radius 3 is 2.28 bits per heavy atom. The first-order chi connectivity index (χ1) is 17.5. The Kier molecular flexibility index (Phi) is 7.20. The standard InChI is InChI=1S/C27H33N3O5S/c1-32-20-9-6-10-23-25(20)29-24(36-23)15-30-18-7-5-8-19(30)14-17(13-18)28-27(31)16-11-21(33-2)26(35-4)22(12-16)34-3/h6,9-12,17-19H,5,7-8,13-15H2,1-4H3,(H,28,31)/t17?,18-,19+. The number of ether oxygens (including phenoxy) is 4. The van der Waals surface area contributed by atoms with E-state index in [1.807, 2.05) is 12.1 Å². The maximum absolute atomic E-state index is 13.2. The number of nitrogens with zero attached hydrogens (tertiary/aromatic N) is 2. The Bertz CT molecular complexity index is 1210. The summed E-state index contributed by atoms with van der Waals surface area (Å²) in [5, 5.41) is 4.39. The Morgan fingerprint density at radius 1 is 1.00 bits per heavy atom. The van der Waals surface area contributed by atoms with Gasteiger partial charge in [-0.15, -0.1) is 11.3 Å². The number of piperidine rings is 2. The molecule has 192 valence electrons. The van der Waals surface area contributed by atoms with Crippen molar-refractivity contribution in [3.05, 3.63) is 40.9 Å². The predicted octanol–water partition coefficient (Wildman–Crippen LogP) is 4.65. The number of amides is 1. The molecule has 1 aromatic heterocycles. The van der Waals surface area contributed by atoms with Crippen molar-refractivity contribution in [3.63, 3.8) is 0 Å². The molecule has 0 spiro atoms. The van der Waals surface area contributed by atoms with Crippen molar-refractivity contribution < 1.29 is 23.7 Å². The van der Waals surface area contributed by atoms with E-state index in [9.17, 15) is 4.79 Å². The average Bonchev–Trinajstić information content (AvgIpc) is 3.30. The molecule has 0 radical (unpaired) electrons. The van der Waals surface area contributed by atoms with Crippen molar-refractivity contribution in [1.82, 2.24) is 15.2 Å². The fourth-order valence-corrected chi connectivity index (χ4v) is 6.69. The normalized spacial score (nSPS) is 21.7. The first-order valence-corrected chi connectivity index (χ1v) is 13.1. The molecule has 2 aliphatic heterocycles. The molecule has 2 aliphatic rings. The third-order valence-electron chi connectivity index (χ3n) is 7.35. The third-order valence-corrected chi connectivity index (χ3v) is 8.36. The number of benzene rings is 2. The topological polar surface area (TPSA) is 82.2 Å². The number of aromatic nitrogens is 1. The maximum Gasteiger partial charge on any atom is 0.251 e. The van der Waals surface area contributed by atoms with E-state index in [-0.39, 0.29) is 11.9 Å². The minimum absolute atomic E-state index is 0.121. The summed E-state index contributed by atoms with van der Waals surface area (Å²) < 4.78 is 22.9. The highest BCUT2D eigenvalue weighted by Crippen LogP contribution is 2.39. The lowest BCUT2D eigenvalue weighted by Crippen LogP contribution is -2.56. The molecular weight excluding hydrogens is 478 g/mol. The molecular formula is C27H33N3O5S. The Balaban J connectivity index is 1.29. The van der Waals surface area contributed by atoms with Gasteiger partial charge in [0.25, 0.3) is 5.91 Å². The quantitative estimate of drug-likeness (QED) is 0.472. The van der Waals surface area contributed by atoms with Gasteiger partial charge in [0.15, 0.2) is 11.5 Å². The number of hydrogen-bond acceptors (Lipinski definition) is 8. The zero-order valence-corrected chi connectivity index (χ0v) is 22.0. The van der Waals surface area contributed by atoms with Crippen LogP contribution in [0.3, 0.4) is 0 Å². The first-order valence-electron chi connectivity index (χ1n) is 12.3. The van der Waals surface area contributed by atoms with Gasteiger partial charge in [-0.1, -0.05) is 12.5 Å². The lowest BCUT2D eigenvalue weighted by Gasteiger charge is -2.48. The summed E-state index contributed by atoms with van der Waals surface area (Å²) in [6, 6.07) is 10.5. The highest BCUT2D eigenvalue weighted by Gasteiger charge is 2.39. The lowest BCUT2D eigenvalue weighted by atomic mass is 9.81. The van der Waals surface area contributed by atoms with Crippen molar-refractivity contribution in [2.75, 3.05) is 28.4 Å². The number of carbonyl (C=O) groups is 1. The van der Waals surface area contributed by atoms with Crippen molar-refractivity contribution in [1.29, 1.82) is 0 Å². The van der Waals surface area contributed by atoms with Crippen LogP contribution >= 0.6 is 11.3 Å². The van der Waals surface area contributed by atoms with Crippen LogP contribution in [0.25, 0.3) is 10.2 Å². The van der Waals surface area contributed by atoms with Crippen molar-refractivity contribution in [3.8, 4) is 23.0 Å². The third kappa shape index (κ3) is 4.69. The second-order valence-electron chi connectivity index (χ2n) is 9.38. The van der Waals surface area contributed by atoms with Gasteiger partial charge < -0.3 is 24.3 Å². The van der Waals surface area contributed by atoms with Gasteiger partial charge in [0.05, 0.1) is 39.7 Å². The van der Waals surface area contributed by atoms with E-state index in [1.165, 1.54) is 6.42 Å². The summed E-state index contributed by atoms with van der Waals surface area (Å²) in [6.45, 7) is 0.839. The number of carbonyl (C=O) groups excluding carboxylic acids is 1. The van der Waals surface area contributed by atoms with Crippen LogP contribution in [-0.4, -0.2) is 62.4 Å². The maximum atomic E-state index is 13.2. The summed E-state index contributed by atoms with van der Waals surface area (Å²) >= 11 is 1.74. The van der Waals surface area contributed by atoms with E-state index < -0.39 is 0 Å². The number of rotatable bonds is 8. The smallest absolute Gasteiger partial charge is 0.251 e. The molecule has 2 aromatic carbocycles. The second kappa shape index (κ2) is 10.5. The average molecular weight is 512 g/mol. The summed E-state index contributed by atoms with van der Waals surface area (Å²) in [7, 11) is 6.35. The van der Waals surface area contributed by atoms with E-state index >= 15 is 0 Å². The highest BCUT2D eigenvalue weighted by atomic mass is 32.1. The molecule has 3 atom stereocenters. The molecule has 9 heteroatoms. The van der Waals surface area contributed by atoms with Gasteiger partial charge in [0.2, 0.25) is 5.75 Å². The van der Waals surface area contributed by atoms with Crippen LogP contribution in [0, 0.1) is 0 Å². The minimum Gasteiger partial charge on any atom is -0.494 e. The fourth-order valence-electron chi connectivity index (χ4n) is 5.69. The van der Waals surface area contributed by atoms with E-state index in [1.54, 1.807) is 51.9 Å². The zero-order valence-electron chi connectivity index (χ0n) is 21.2. The molecule has 8 nitrogen and oxygen atoms in total. The Morgan fingerprint density at radius 2 is 1.67 bits per heavy atom. The number of fused-ring (bicyclic) bond motifs is 3. The molecule has 1 amide bonds. The molecule has 36 heavy (non-hydrogen) atoms. The summed E-state index contributed by atoms with van der Waals surface area (Å²) in [6.07, 6.45) is 5.37. The highest BCUT2D eigenvalue weighted by molar-refractivity contribution is 7.18. The van der Waals surface area contributed by atoms with Crippen LogP contribution in [0.2, 0.25) is 0 Å². The lowest BCUT2D eigenvalue weighted by molar-refractivity contribution is 0.0177. The molecule has 0 aliphatic carbocycles. The van der Waals surface area contributed by atoms with Gasteiger partial charge in [-0.05, 0) is 49.9 Å². The first kappa shape index (κ1) is 24.6. The molecule has 1 unspecified atom stereocenters. The fraction of sp³-hybridized carbons (Fsp3) is 0.481. The Hall–Kier alpha value is -3.04. The van der Waals surface area contributed by atoms with Crippen molar-refractivity contribution in [2.24, 2.45) is 0 Å². The molecule has 1 N–H and O–H groups in total. The van der Waals surface area contributed by atoms with E-state index in [0.717, 1.165) is 53.2 Å². The molecule has 3 heterocycles. The van der Waals surface area contributed by atoms with Gasteiger partial charge in [-0.3, -0.25) is 9.69 Å². The number of nitrogens with one attached hydrogen (secondary N) is 1. The van der Waals surface area contributed by atoms with Crippen LogP contribution in [0.1, 0.15) is 47.5 Å².